The number of nitrogens with zero attached hydrogens (tertiary/aromatic N) is 4. The van der Waals surface area contributed by atoms with Gasteiger partial charge in [0.1, 0.15) is 11.4 Å². The molecule has 3 aliphatic heterocycles. The van der Waals surface area contributed by atoms with Gasteiger partial charge in [-0.3, -0.25) is 9.69 Å². The van der Waals surface area contributed by atoms with E-state index in [4.69, 9.17) is 15.2 Å². The molecule has 2 fully saturated rings. The average molecular weight is 519 g/mol. The number of morpholine rings is 1. The number of hydrogen-bond donors (Lipinski definition) is 2. The molecule has 4 heterocycles. The Hall–Kier alpha value is -3.60. The van der Waals surface area contributed by atoms with Gasteiger partial charge in [0, 0.05) is 68.8 Å². The molecule has 0 radical (unpaired) electrons. The van der Waals surface area contributed by atoms with Crippen LogP contribution in [0.5, 0.6) is 0 Å². The Balaban J connectivity index is 1.37. The zero-order chi connectivity index (χ0) is 26.2. The zero-order valence-corrected chi connectivity index (χ0v) is 21.4. The zero-order valence-electron chi connectivity index (χ0n) is 21.4. The number of hydrogen-bond acceptors (Lipinski definition) is 8. The summed E-state index contributed by atoms with van der Waals surface area (Å²) in [4.78, 5) is 25.5. The maximum absolute atomic E-state index is 15.2. The molecule has 3 N–H and O–H groups in total. The topological polar surface area (TPSA) is 106 Å². The van der Waals surface area contributed by atoms with Gasteiger partial charge in [0.2, 0.25) is 5.95 Å². The molecule has 198 valence electrons. The number of fused-ring (bicyclic) bond motifs is 1. The van der Waals surface area contributed by atoms with Gasteiger partial charge >= 0.3 is 0 Å². The molecule has 0 atom stereocenters. The van der Waals surface area contributed by atoms with E-state index in [1.807, 2.05) is 24.3 Å². The van der Waals surface area contributed by atoms with Crippen molar-refractivity contribution in [1.82, 2.24) is 20.2 Å². The van der Waals surface area contributed by atoms with E-state index in [0.29, 0.717) is 48.6 Å². The van der Waals surface area contributed by atoms with Crippen LogP contribution in [0, 0.1) is 5.95 Å². The molecule has 0 spiro atoms. The second-order valence-corrected chi connectivity index (χ2v) is 9.97. The Bertz CT molecular complexity index is 1370. The number of carbonyl (C=O) groups excluding carboxylic acids is 1. The summed E-state index contributed by atoms with van der Waals surface area (Å²) in [7, 11) is 1.74. The second-order valence-electron chi connectivity index (χ2n) is 9.97. The number of carbonyl (C=O) groups is 1. The molecule has 1 amide bonds. The number of nitrogens with two attached hydrogens (primary N) is 1. The lowest BCUT2D eigenvalue weighted by Crippen LogP contribution is -2.51. The summed E-state index contributed by atoms with van der Waals surface area (Å²) in [6, 6.07) is 11.4. The number of methoxy groups -OCH3 is 1. The number of ether oxygens (including phenoxy) is 2. The molecule has 3 aliphatic rings. The number of rotatable bonds is 6. The van der Waals surface area contributed by atoms with E-state index in [9.17, 15) is 4.79 Å². The fraction of sp³-hybridized carbons (Fsp3) is 0.393. The molecule has 6 rings (SSSR count). The molecule has 0 unspecified atom stereocenters. The van der Waals surface area contributed by atoms with Crippen molar-refractivity contribution in [3.8, 4) is 22.5 Å². The van der Waals surface area contributed by atoms with Crippen molar-refractivity contribution >= 4 is 17.4 Å². The fourth-order valence-electron chi connectivity index (χ4n) is 5.41. The number of halogens is 1. The van der Waals surface area contributed by atoms with Crippen LogP contribution in [0.15, 0.2) is 36.4 Å². The van der Waals surface area contributed by atoms with Crippen molar-refractivity contribution in [2.45, 2.75) is 19.1 Å². The lowest BCUT2D eigenvalue weighted by Gasteiger charge is -2.39. The molecule has 0 bridgehead atoms. The average Bonchev–Trinajstić information content (AvgIpc) is 2.91. The molecular formula is C28H31FN6O3. The van der Waals surface area contributed by atoms with Gasteiger partial charge in [-0.05, 0) is 41.8 Å². The number of benzene rings is 2. The van der Waals surface area contributed by atoms with Crippen LogP contribution in [0.3, 0.4) is 0 Å². The largest absolute Gasteiger partial charge is 0.382 e. The van der Waals surface area contributed by atoms with Gasteiger partial charge in [-0.15, -0.1) is 0 Å². The van der Waals surface area contributed by atoms with Crippen LogP contribution in [0.2, 0.25) is 0 Å². The normalized spacial score (nSPS) is 18.2. The van der Waals surface area contributed by atoms with Crippen LogP contribution < -0.4 is 16.0 Å². The van der Waals surface area contributed by atoms with Gasteiger partial charge in [0.15, 0.2) is 5.82 Å². The van der Waals surface area contributed by atoms with Gasteiger partial charge in [-0.2, -0.15) is 9.37 Å². The van der Waals surface area contributed by atoms with Gasteiger partial charge < -0.3 is 25.4 Å². The lowest BCUT2D eigenvalue weighted by atomic mass is 9.96. The highest BCUT2D eigenvalue weighted by Gasteiger charge is 2.28. The van der Waals surface area contributed by atoms with Crippen LogP contribution in [0.4, 0.5) is 15.9 Å². The number of likely N-dealkylation sites (tertiary alicyclic amines) is 1. The minimum absolute atomic E-state index is 0.0165. The van der Waals surface area contributed by atoms with E-state index >= 15 is 4.39 Å². The Kier molecular flexibility index (Phi) is 6.69. The molecule has 38 heavy (non-hydrogen) atoms. The smallest absolute Gasteiger partial charge is 0.251 e. The summed E-state index contributed by atoms with van der Waals surface area (Å²) in [6.07, 6.45) is 0.957. The highest BCUT2D eigenvalue weighted by atomic mass is 19.1. The van der Waals surface area contributed by atoms with Crippen molar-refractivity contribution in [3.05, 3.63) is 59.0 Å². The number of nitrogens with one attached hydrogen (secondary N) is 1. The van der Waals surface area contributed by atoms with Crippen LogP contribution in [0.25, 0.3) is 22.5 Å². The van der Waals surface area contributed by atoms with Crippen molar-refractivity contribution in [1.29, 1.82) is 0 Å². The van der Waals surface area contributed by atoms with Gasteiger partial charge in [-0.1, -0.05) is 12.1 Å². The number of aromatic nitrogens is 2. The third-order valence-corrected chi connectivity index (χ3v) is 7.54. The van der Waals surface area contributed by atoms with E-state index in [1.165, 1.54) is 0 Å². The molecule has 0 saturated carbocycles. The highest BCUT2D eigenvalue weighted by Crippen LogP contribution is 2.33. The first kappa shape index (κ1) is 24.7. The Morgan fingerprint density at radius 2 is 1.87 bits per heavy atom. The highest BCUT2D eigenvalue weighted by molar-refractivity contribution is 5.97. The molecule has 9 nitrogen and oxygen atoms in total. The fourth-order valence-corrected chi connectivity index (χ4v) is 5.41. The number of nitrogen functional groups attached to an aromatic ring is 1. The molecule has 10 heteroatoms. The summed E-state index contributed by atoms with van der Waals surface area (Å²) in [5.41, 5.74) is 11.8. The Labute approximate surface area is 220 Å². The Morgan fingerprint density at radius 3 is 2.66 bits per heavy atom. The molecule has 1 aromatic heterocycles. The molecule has 2 aromatic carbocycles. The van der Waals surface area contributed by atoms with Crippen molar-refractivity contribution in [2.75, 3.05) is 63.7 Å². The van der Waals surface area contributed by atoms with E-state index in [-0.39, 0.29) is 23.5 Å². The van der Waals surface area contributed by atoms with E-state index in [0.717, 1.165) is 49.5 Å². The third-order valence-electron chi connectivity index (χ3n) is 7.54. The summed E-state index contributed by atoms with van der Waals surface area (Å²) >= 11 is 0. The monoisotopic (exact) mass is 518 g/mol. The van der Waals surface area contributed by atoms with E-state index < -0.39 is 5.95 Å². The van der Waals surface area contributed by atoms with Crippen LogP contribution in [-0.2, 0) is 22.4 Å². The second kappa shape index (κ2) is 10.3. The molecule has 3 aromatic rings. The van der Waals surface area contributed by atoms with Gasteiger partial charge in [-0.25, -0.2) is 4.98 Å². The summed E-state index contributed by atoms with van der Waals surface area (Å²) < 4.78 is 26.2. The first-order valence-corrected chi connectivity index (χ1v) is 13.0. The number of amides is 1. The minimum Gasteiger partial charge on any atom is -0.382 e. The van der Waals surface area contributed by atoms with E-state index in [1.54, 1.807) is 19.2 Å². The van der Waals surface area contributed by atoms with Crippen LogP contribution in [-0.4, -0.2) is 79.9 Å². The first-order valence-electron chi connectivity index (χ1n) is 13.0. The predicted octanol–water partition coefficient (Wildman–Crippen LogP) is 2.49. The maximum Gasteiger partial charge on any atom is 0.251 e. The van der Waals surface area contributed by atoms with Crippen molar-refractivity contribution in [3.63, 3.8) is 0 Å². The Morgan fingerprint density at radius 1 is 1.11 bits per heavy atom. The quantitative estimate of drug-likeness (QED) is 0.513. The standard InChI is InChI=1S/C28H31FN6O3/c1-37-21-15-34(16-21)14-20-13-18(3-5-23(20)35-8-10-38-11-9-35)24-26(29)33-27(30)25(32-24)19-2-4-22-17(12-19)6-7-31-28(22)36/h2-5,12-13,21H,6-11,14-16H2,1H3,(H2,30,33)(H,31,36). The first-order chi connectivity index (χ1) is 18.5. The SMILES string of the molecule is COC1CN(Cc2cc(-c3nc(-c4ccc5c(c4)CCNC5=O)c(N)nc3F)ccc2N2CCOCC2)C1. The minimum atomic E-state index is -0.711. The van der Waals surface area contributed by atoms with Crippen LogP contribution >= 0.6 is 0 Å². The van der Waals surface area contributed by atoms with Crippen molar-refractivity contribution in [2.24, 2.45) is 0 Å². The van der Waals surface area contributed by atoms with Gasteiger partial charge in [0.25, 0.3) is 5.91 Å². The van der Waals surface area contributed by atoms with Gasteiger partial charge in [0.05, 0.1) is 19.3 Å². The van der Waals surface area contributed by atoms with Crippen molar-refractivity contribution < 1.29 is 18.7 Å². The third kappa shape index (κ3) is 4.70. The predicted molar refractivity (Wildman–Crippen MR) is 142 cm³/mol. The van der Waals surface area contributed by atoms with Crippen LogP contribution in [0.1, 0.15) is 21.5 Å². The molecule has 2 saturated heterocycles. The number of anilines is 2. The summed E-state index contributed by atoms with van der Waals surface area (Å²) in [6.45, 7) is 6.00. The summed E-state index contributed by atoms with van der Waals surface area (Å²) in [5.74, 6) is -0.788. The molecular weight excluding hydrogens is 487 g/mol. The molecule has 0 aliphatic carbocycles. The summed E-state index contributed by atoms with van der Waals surface area (Å²) in [5, 5.41) is 2.85. The van der Waals surface area contributed by atoms with E-state index in [2.05, 4.69) is 25.1 Å². The lowest BCUT2D eigenvalue weighted by molar-refractivity contribution is -0.0333. The maximum atomic E-state index is 15.2.